The average Bonchev–Trinajstić information content (AvgIpc) is 2.42. The van der Waals surface area contributed by atoms with Gasteiger partial charge in [-0.05, 0) is 49.2 Å². The summed E-state index contributed by atoms with van der Waals surface area (Å²) in [6.07, 6.45) is 0. The molecule has 5 nitrogen and oxygen atoms in total. The maximum Gasteiger partial charge on any atom is 0.292 e. The fourth-order valence-electron chi connectivity index (χ4n) is 1.98. The van der Waals surface area contributed by atoms with Crippen LogP contribution in [-0.4, -0.2) is 10.0 Å². The van der Waals surface area contributed by atoms with Crippen LogP contribution < -0.4 is 5.32 Å². The molecule has 2 rings (SSSR count). The molecule has 21 heavy (non-hydrogen) atoms. The van der Waals surface area contributed by atoms with E-state index in [1.807, 2.05) is 13.8 Å². The van der Waals surface area contributed by atoms with Gasteiger partial charge in [-0.3, -0.25) is 10.1 Å². The zero-order chi connectivity index (χ0) is 15.6. The number of nitro benzene ring substituents is 1. The van der Waals surface area contributed by atoms with Gasteiger partial charge in [0.15, 0.2) is 0 Å². The van der Waals surface area contributed by atoms with Crippen molar-refractivity contribution in [3.63, 3.8) is 0 Å². The minimum Gasteiger partial charge on any atom is -0.508 e. The Hall–Kier alpha value is -2.27. The zero-order valence-electron chi connectivity index (χ0n) is 11.7. The maximum atomic E-state index is 11.1. The van der Waals surface area contributed by atoms with Gasteiger partial charge in [-0.15, -0.1) is 0 Å². The molecule has 0 aliphatic rings. The van der Waals surface area contributed by atoms with Crippen LogP contribution in [0.3, 0.4) is 0 Å². The van der Waals surface area contributed by atoms with Crippen molar-refractivity contribution in [3.8, 4) is 5.75 Å². The lowest BCUT2D eigenvalue weighted by molar-refractivity contribution is -0.384. The van der Waals surface area contributed by atoms with Gasteiger partial charge in [0.2, 0.25) is 0 Å². The highest BCUT2D eigenvalue weighted by atomic mass is 35.5. The largest absolute Gasteiger partial charge is 0.508 e. The van der Waals surface area contributed by atoms with E-state index in [0.29, 0.717) is 16.3 Å². The molecule has 110 valence electrons. The predicted molar refractivity (Wildman–Crippen MR) is 83.0 cm³/mol. The molecule has 0 spiro atoms. The molecule has 2 aromatic rings. The first-order valence-corrected chi connectivity index (χ1v) is 6.73. The van der Waals surface area contributed by atoms with Gasteiger partial charge in [-0.1, -0.05) is 11.6 Å². The Bertz CT molecular complexity index is 702. The van der Waals surface area contributed by atoms with E-state index in [1.54, 1.807) is 18.2 Å². The molecule has 0 unspecified atom stereocenters. The standard InChI is InChI=1S/C15H15ClN2O3/c1-9-5-13(14(18(20)21)6-10(9)2)17-8-11-7-12(16)3-4-15(11)19/h3-7,17,19H,8H2,1-2H3. The molecule has 0 aliphatic carbocycles. The minimum absolute atomic E-state index is 0.0135. The SMILES string of the molecule is Cc1cc(NCc2cc(Cl)ccc2O)c([N+](=O)[O-])cc1C. The number of rotatable bonds is 4. The maximum absolute atomic E-state index is 11.1. The van der Waals surface area contributed by atoms with E-state index in [-0.39, 0.29) is 18.0 Å². The van der Waals surface area contributed by atoms with Crippen LogP contribution in [0.25, 0.3) is 0 Å². The number of halogens is 1. The fourth-order valence-corrected chi connectivity index (χ4v) is 2.17. The smallest absolute Gasteiger partial charge is 0.292 e. The molecule has 0 aliphatic heterocycles. The molecule has 6 heteroatoms. The lowest BCUT2D eigenvalue weighted by Gasteiger charge is -2.11. The lowest BCUT2D eigenvalue weighted by Crippen LogP contribution is -2.04. The summed E-state index contributed by atoms with van der Waals surface area (Å²) in [5, 5.41) is 24.4. The monoisotopic (exact) mass is 306 g/mol. The molecule has 2 N–H and O–H groups in total. The number of nitrogens with zero attached hydrogens (tertiary/aromatic N) is 1. The van der Waals surface area contributed by atoms with Gasteiger partial charge in [-0.25, -0.2) is 0 Å². The first-order chi connectivity index (χ1) is 9.88. The Morgan fingerprint density at radius 3 is 2.57 bits per heavy atom. The summed E-state index contributed by atoms with van der Waals surface area (Å²) in [5.41, 5.74) is 2.83. The van der Waals surface area contributed by atoms with E-state index in [1.165, 1.54) is 12.1 Å². The number of benzene rings is 2. The van der Waals surface area contributed by atoms with Crippen LogP contribution in [0.4, 0.5) is 11.4 Å². The number of nitrogens with one attached hydrogen (secondary N) is 1. The first-order valence-electron chi connectivity index (χ1n) is 6.35. The van der Waals surface area contributed by atoms with Crippen LogP contribution in [0.5, 0.6) is 5.75 Å². The molecular formula is C15H15ClN2O3. The van der Waals surface area contributed by atoms with Crippen LogP contribution in [-0.2, 0) is 6.54 Å². The number of aryl methyl sites for hydroxylation is 2. The van der Waals surface area contributed by atoms with Gasteiger partial charge in [-0.2, -0.15) is 0 Å². The summed E-state index contributed by atoms with van der Waals surface area (Å²) in [4.78, 5) is 10.7. The second kappa shape index (κ2) is 6.01. The highest BCUT2D eigenvalue weighted by Gasteiger charge is 2.15. The number of anilines is 1. The molecule has 0 heterocycles. The topological polar surface area (TPSA) is 75.4 Å². The molecular weight excluding hydrogens is 292 g/mol. The van der Waals surface area contributed by atoms with E-state index in [0.717, 1.165) is 11.1 Å². The second-order valence-corrected chi connectivity index (χ2v) is 5.27. The Labute approximate surface area is 127 Å². The Kier molecular flexibility index (Phi) is 4.33. The van der Waals surface area contributed by atoms with Crippen molar-refractivity contribution >= 4 is 23.0 Å². The molecule has 0 saturated carbocycles. The molecule has 0 radical (unpaired) electrons. The van der Waals surface area contributed by atoms with E-state index < -0.39 is 4.92 Å². The number of phenolic OH excluding ortho intramolecular Hbond substituents is 1. The van der Waals surface area contributed by atoms with Gasteiger partial charge >= 0.3 is 0 Å². The van der Waals surface area contributed by atoms with E-state index in [4.69, 9.17) is 11.6 Å². The zero-order valence-corrected chi connectivity index (χ0v) is 12.4. The van der Waals surface area contributed by atoms with Gasteiger partial charge in [0, 0.05) is 23.2 Å². The number of hydrogen-bond donors (Lipinski definition) is 2. The van der Waals surface area contributed by atoms with Crippen molar-refractivity contribution in [1.82, 2.24) is 0 Å². The first kappa shape index (κ1) is 15.1. The summed E-state index contributed by atoms with van der Waals surface area (Å²) in [6.45, 7) is 3.96. The Balaban J connectivity index is 2.29. The van der Waals surface area contributed by atoms with Crippen LogP contribution >= 0.6 is 11.6 Å². The number of nitro groups is 1. The molecule has 0 atom stereocenters. The summed E-state index contributed by atoms with van der Waals surface area (Å²) in [6, 6.07) is 7.97. The molecule has 0 fully saturated rings. The van der Waals surface area contributed by atoms with Crippen molar-refractivity contribution in [2.45, 2.75) is 20.4 Å². The molecule has 0 amide bonds. The van der Waals surface area contributed by atoms with Crippen molar-refractivity contribution in [3.05, 3.63) is 62.2 Å². The van der Waals surface area contributed by atoms with Gasteiger partial charge in [0.1, 0.15) is 11.4 Å². The Morgan fingerprint density at radius 1 is 1.24 bits per heavy atom. The number of phenols is 1. The third-order valence-electron chi connectivity index (χ3n) is 3.32. The quantitative estimate of drug-likeness (QED) is 0.656. The van der Waals surface area contributed by atoms with Crippen molar-refractivity contribution < 1.29 is 10.0 Å². The fraction of sp³-hybridized carbons (Fsp3) is 0.200. The molecule has 0 bridgehead atoms. The van der Waals surface area contributed by atoms with Crippen LogP contribution in [0.1, 0.15) is 16.7 Å². The van der Waals surface area contributed by atoms with Gasteiger partial charge in [0.25, 0.3) is 5.69 Å². The second-order valence-electron chi connectivity index (χ2n) is 4.84. The third kappa shape index (κ3) is 3.44. The molecule has 0 saturated heterocycles. The van der Waals surface area contributed by atoms with E-state index in [9.17, 15) is 15.2 Å². The van der Waals surface area contributed by atoms with Crippen LogP contribution in [0.2, 0.25) is 5.02 Å². The van der Waals surface area contributed by atoms with Crippen molar-refractivity contribution in [1.29, 1.82) is 0 Å². The molecule has 2 aromatic carbocycles. The number of hydrogen-bond acceptors (Lipinski definition) is 4. The third-order valence-corrected chi connectivity index (χ3v) is 3.55. The van der Waals surface area contributed by atoms with E-state index in [2.05, 4.69) is 5.32 Å². The predicted octanol–water partition coefficient (Wildman–Crippen LogP) is 4.18. The average molecular weight is 307 g/mol. The molecule has 0 aromatic heterocycles. The Morgan fingerprint density at radius 2 is 1.90 bits per heavy atom. The summed E-state index contributed by atoms with van der Waals surface area (Å²) in [7, 11) is 0. The highest BCUT2D eigenvalue weighted by molar-refractivity contribution is 6.30. The summed E-state index contributed by atoms with van der Waals surface area (Å²) < 4.78 is 0. The summed E-state index contributed by atoms with van der Waals surface area (Å²) >= 11 is 5.88. The minimum atomic E-state index is -0.424. The normalized spacial score (nSPS) is 10.4. The van der Waals surface area contributed by atoms with E-state index >= 15 is 0 Å². The summed E-state index contributed by atoms with van der Waals surface area (Å²) in [5.74, 6) is 0.0957. The van der Waals surface area contributed by atoms with Crippen molar-refractivity contribution in [2.75, 3.05) is 5.32 Å². The van der Waals surface area contributed by atoms with Gasteiger partial charge in [0.05, 0.1) is 4.92 Å². The van der Waals surface area contributed by atoms with Crippen molar-refractivity contribution in [2.24, 2.45) is 0 Å². The van der Waals surface area contributed by atoms with Crippen LogP contribution in [0, 0.1) is 24.0 Å². The lowest BCUT2D eigenvalue weighted by atomic mass is 10.1. The van der Waals surface area contributed by atoms with Gasteiger partial charge < -0.3 is 10.4 Å². The highest BCUT2D eigenvalue weighted by Crippen LogP contribution is 2.29. The van der Waals surface area contributed by atoms with Crippen LogP contribution in [0.15, 0.2) is 30.3 Å². The number of aromatic hydroxyl groups is 1.